The molecule has 0 aromatic carbocycles. The van der Waals surface area contributed by atoms with Crippen LogP contribution in [0.15, 0.2) is 0 Å². The van der Waals surface area contributed by atoms with Crippen molar-refractivity contribution >= 4 is 29.5 Å². The minimum Gasteiger partial charge on any atom is -0.481 e. The van der Waals surface area contributed by atoms with Crippen molar-refractivity contribution in [3.63, 3.8) is 0 Å². The zero-order chi connectivity index (χ0) is 26.0. The Bertz CT molecular complexity index is 740. The summed E-state index contributed by atoms with van der Waals surface area (Å²) in [4.78, 5) is 63.6. The number of methoxy groups -OCH3 is 1. The lowest BCUT2D eigenvalue weighted by Crippen LogP contribution is -2.54. The minimum absolute atomic E-state index is 0.180. The van der Waals surface area contributed by atoms with Crippen LogP contribution < -0.4 is 10.6 Å². The summed E-state index contributed by atoms with van der Waals surface area (Å²) in [5.74, 6) is -4.11. The number of carbonyl (C=O) groups excluding carboxylic acids is 4. The molecule has 1 heterocycles. The van der Waals surface area contributed by atoms with E-state index in [-0.39, 0.29) is 24.7 Å². The molecular weight excluding hydrogens is 446 g/mol. The molecule has 1 aliphatic rings. The first kappa shape index (κ1) is 29.5. The largest absolute Gasteiger partial charge is 0.481 e. The molecule has 0 aliphatic carbocycles. The van der Waals surface area contributed by atoms with Crippen LogP contribution in [0, 0.1) is 11.8 Å². The highest BCUT2D eigenvalue weighted by Gasteiger charge is 2.39. The Hall–Kier alpha value is -2.53. The molecule has 0 aromatic heterocycles. The van der Waals surface area contributed by atoms with E-state index in [4.69, 9.17) is 5.11 Å². The Kier molecular flexibility index (Phi) is 12.2. The maximum absolute atomic E-state index is 13.1. The topological polar surface area (TPSA) is 162 Å². The van der Waals surface area contributed by atoms with E-state index in [0.717, 1.165) is 7.11 Å². The summed E-state index contributed by atoms with van der Waals surface area (Å²) in [6.45, 7) is 5.75. The molecule has 2 amide bonds. The maximum Gasteiger partial charge on any atom is 0.311 e. The van der Waals surface area contributed by atoms with Crippen molar-refractivity contribution < 1.29 is 38.9 Å². The highest BCUT2D eigenvalue weighted by Crippen LogP contribution is 2.21. The van der Waals surface area contributed by atoms with Gasteiger partial charge in [0.05, 0.1) is 31.2 Å². The van der Waals surface area contributed by atoms with Crippen LogP contribution in [0.4, 0.5) is 0 Å². The molecule has 11 heteroatoms. The lowest BCUT2D eigenvalue weighted by Gasteiger charge is -2.30. The summed E-state index contributed by atoms with van der Waals surface area (Å²) in [5.41, 5.74) is 0. The van der Waals surface area contributed by atoms with E-state index in [1.807, 2.05) is 13.8 Å². The normalized spacial score (nSPS) is 19.3. The van der Waals surface area contributed by atoms with Crippen molar-refractivity contribution in [2.24, 2.45) is 11.8 Å². The summed E-state index contributed by atoms with van der Waals surface area (Å²) in [6.07, 6.45) is -0.490. The molecule has 0 saturated carbocycles. The lowest BCUT2D eigenvalue weighted by atomic mass is 9.92. The van der Waals surface area contributed by atoms with Gasteiger partial charge in [0.2, 0.25) is 11.8 Å². The molecular formula is C23H39N3O8. The predicted molar refractivity (Wildman–Crippen MR) is 123 cm³/mol. The van der Waals surface area contributed by atoms with Gasteiger partial charge in [0.25, 0.3) is 0 Å². The number of amides is 2. The van der Waals surface area contributed by atoms with Crippen molar-refractivity contribution in [3.8, 4) is 0 Å². The third kappa shape index (κ3) is 8.68. The van der Waals surface area contributed by atoms with Crippen molar-refractivity contribution in [2.45, 2.75) is 83.5 Å². The number of nitrogens with zero attached hydrogens (tertiary/aromatic N) is 1. The Morgan fingerprint density at radius 2 is 1.76 bits per heavy atom. The molecule has 0 aromatic rings. The monoisotopic (exact) mass is 485 g/mol. The molecule has 1 rings (SSSR count). The van der Waals surface area contributed by atoms with E-state index in [9.17, 15) is 29.1 Å². The van der Waals surface area contributed by atoms with Gasteiger partial charge in [-0.25, -0.2) is 0 Å². The van der Waals surface area contributed by atoms with Gasteiger partial charge in [-0.15, -0.1) is 0 Å². The molecule has 4 N–H and O–H groups in total. The molecule has 0 bridgehead atoms. The first-order valence-electron chi connectivity index (χ1n) is 11.7. The van der Waals surface area contributed by atoms with Gasteiger partial charge in [0.15, 0.2) is 5.78 Å². The number of esters is 1. The summed E-state index contributed by atoms with van der Waals surface area (Å²) in [7, 11) is 2.83. The van der Waals surface area contributed by atoms with Crippen LogP contribution in [-0.2, 0) is 28.7 Å². The van der Waals surface area contributed by atoms with Gasteiger partial charge < -0.3 is 30.5 Å². The maximum atomic E-state index is 13.1. The quantitative estimate of drug-likeness (QED) is 0.250. The van der Waals surface area contributed by atoms with Crippen LogP contribution in [-0.4, -0.2) is 89.6 Å². The van der Waals surface area contributed by atoms with Gasteiger partial charge in [0.1, 0.15) is 6.04 Å². The van der Waals surface area contributed by atoms with Crippen molar-refractivity contribution in [3.05, 3.63) is 0 Å². The number of aliphatic hydroxyl groups excluding tert-OH is 1. The second kappa shape index (κ2) is 14.0. The van der Waals surface area contributed by atoms with E-state index in [1.165, 1.54) is 11.8 Å². The molecule has 1 fully saturated rings. The highest BCUT2D eigenvalue weighted by molar-refractivity contribution is 5.95. The number of likely N-dealkylation sites (N-methyl/N-ethyl adjacent to an activating group) is 1. The molecule has 0 radical (unpaired) electrons. The van der Waals surface area contributed by atoms with Crippen LogP contribution in [0.5, 0.6) is 0 Å². The van der Waals surface area contributed by atoms with E-state index < -0.39 is 60.2 Å². The average molecular weight is 486 g/mol. The molecule has 1 saturated heterocycles. The molecule has 11 nitrogen and oxygen atoms in total. The number of rotatable bonds is 14. The smallest absolute Gasteiger partial charge is 0.311 e. The Morgan fingerprint density at radius 1 is 1.12 bits per heavy atom. The number of hydrogen-bond acceptors (Lipinski definition) is 8. The SMILES string of the molecule is CN[C@@H](CC(C)C)C(=O)N1CCC[C@H]1C(=O)N[C@@H](CCC(=O)O)C(=O)C[C@H](C(=O)OC)C(C)O. The van der Waals surface area contributed by atoms with Crippen molar-refractivity contribution in [2.75, 3.05) is 20.7 Å². The van der Waals surface area contributed by atoms with E-state index in [1.54, 1.807) is 7.05 Å². The van der Waals surface area contributed by atoms with Gasteiger partial charge in [-0.2, -0.15) is 0 Å². The van der Waals surface area contributed by atoms with Gasteiger partial charge >= 0.3 is 11.9 Å². The summed E-state index contributed by atoms with van der Waals surface area (Å²) in [6, 6.07) is -2.39. The van der Waals surface area contributed by atoms with Crippen molar-refractivity contribution in [1.29, 1.82) is 0 Å². The molecule has 5 atom stereocenters. The van der Waals surface area contributed by atoms with E-state index in [0.29, 0.717) is 25.8 Å². The fourth-order valence-corrected chi connectivity index (χ4v) is 4.13. The Morgan fingerprint density at radius 3 is 2.26 bits per heavy atom. The second-order valence-corrected chi connectivity index (χ2v) is 9.19. The number of ether oxygens (including phenoxy) is 1. The average Bonchev–Trinajstić information content (AvgIpc) is 3.26. The summed E-state index contributed by atoms with van der Waals surface area (Å²) >= 11 is 0. The number of nitrogens with one attached hydrogen (secondary N) is 2. The number of carboxylic acid groups (broad SMARTS) is 1. The molecule has 1 aliphatic heterocycles. The van der Waals surface area contributed by atoms with Gasteiger partial charge in [-0.1, -0.05) is 13.8 Å². The van der Waals surface area contributed by atoms with E-state index in [2.05, 4.69) is 15.4 Å². The number of likely N-dealkylation sites (tertiary alicyclic amines) is 1. The fraction of sp³-hybridized carbons (Fsp3) is 0.783. The molecule has 1 unspecified atom stereocenters. The number of Topliss-reactive ketones (excluding diaryl/α,β-unsaturated/α-hetero) is 1. The second-order valence-electron chi connectivity index (χ2n) is 9.19. The van der Waals surface area contributed by atoms with Crippen LogP contribution in [0.3, 0.4) is 0 Å². The zero-order valence-electron chi connectivity index (χ0n) is 20.7. The van der Waals surface area contributed by atoms with Crippen molar-refractivity contribution in [1.82, 2.24) is 15.5 Å². The third-order valence-corrected chi connectivity index (χ3v) is 6.05. The van der Waals surface area contributed by atoms with Crippen LogP contribution in [0.25, 0.3) is 0 Å². The summed E-state index contributed by atoms with van der Waals surface area (Å²) in [5, 5.41) is 24.5. The molecule has 34 heavy (non-hydrogen) atoms. The number of aliphatic hydroxyl groups is 1. The van der Waals surface area contributed by atoms with Gasteiger partial charge in [0, 0.05) is 19.4 Å². The number of hydrogen-bond donors (Lipinski definition) is 4. The standard InChI is InChI=1S/C23H39N3O8/c1-13(2)11-17(24-4)22(32)26-10-6-7-18(26)21(31)25-16(8-9-20(29)30)19(28)12-15(14(3)27)23(33)34-5/h13-18,24,27H,6-12H2,1-5H3,(H,25,31)(H,29,30)/t14?,15-,16-,17-,18-/m0/s1. The zero-order valence-corrected chi connectivity index (χ0v) is 20.7. The minimum atomic E-state index is -1.18. The first-order chi connectivity index (χ1) is 15.9. The number of aliphatic carboxylic acids is 1. The number of ketones is 1. The van der Waals surface area contributed by atoms with Crippen LogP contribution in [0.1, 0.15) is 59.3 Å². The third-order valence-electron chi connectivity index (χ3n) is 6.05. The molecule has 194 valence electrons. The van der Waals surface area contributed by atoms with Gasteiger partial charge in [-0.3, -0.25) is 24.0 Å². The van der Waals surface area contributed by atoms with Crippen LogP contribution >= 0.6 is 0 Å². The Balaban J connectivity index is 3.00. The number of carbonyl (C=O) groups is 5. The fourth-order valence-electron chi connectivity index (χ4n) is 4.13. The summed E-state index contributed by atoms with van der Waals surface area (Å²) < 4.78 is 4.63. The highest BCUT2D eigenvalue weighted by atomic mass is 16.5. The molecule has 0 spiro atoms. The van der Waals surface area contributed by atoms with Gasteiger partial charge in [-0.05, 0) is 45.6 Å². The number of carboxylic acids is 1. The van der Waals surface area contributed by atoms with E-state index >= 15 is 0 Å². The Labute approximate surface area is 200 Å². The van der Waals surface area contributed by atoms with Crippen LogP contribution in [0.2, 0.25) is 0 Å². The predicted octanol–water partition coefficient (Wildman–Crippen LogP) is 0.0903. The lowest BCUT2D eigenvalue weighted by molar-refractivity contribution is -0.151. The first-order valence-corrected chi connectivity index (χ1v) is 11.7.